The highest BCUT2D eigenvalue weighted by Crippen LogP contribution is 2.01. The van der Waals surface area contributed by atoms with Crippen LogP contribution in [0.15, 0.2) is 0 Å². The van der Waals surface area contributed by atoms with Crippen molar-refractivity contribution in [1.29, 1.82) is 0 Å². The normalized spacial score (nSPS) is 10.1. The molecule has 0 saturated carbocycles. The highest BCUT2D eigenvalue weighted by molar-refractivity contribution is 5.75. The Hall–Kier alpha value is -0.570. The van der Waals surface area contributed by atoms with Crippen molar-refractivity contribution in [1.82, 2.24) is 5.32 Å². The van der Waals surface area contributed by atoms with E-state index in [1.54, 1.807) is 0 Å². The number of nitrogens with one attached hydrogen (secondary N) is 1. The van der Waals surface area contributed by atoms with Gasteiger partial charge in [0, 0.05) is 13.0 Å². The molecule has 0 spiro atoms. The zero-order chi connectivity index (χ0) is 10.6. The highest BCUT2D eigenvalue weighted by Gasteiger charge is 1.99. The van der Waals surface area contributed by atoms with Gasteiger partial charge < -0.3 is 11.1 Å². The van der Waals surface area contributed by atoms with Gasteiger partial charge in [0.05, 0.1) is 0 Å². The molecule has 84 valence electrons. The third-order valence-corrected chi connectivity index (χ3v) is 2.21. The number of unbranched alkanes of at least 4 members (excludes halogenated alkanes) is 4. The molecule has 0 unspecified atom stereocenters. The van der Waals surface area contributed by atoms with E-state index in [9.17, 15) is 4.79 Å². The van der Waals surface area contributed by atoms with E-state index in [0.717, 1.165) is 25.8 Å². The molecule has 0 heterocycles. The Bertz CT molecular complexity index is 123. The van der Waals surface area contributed by atoms with Gasteiger partial charge >= 0.3 is 0 Å². The first kappa shape index (κ1) is 13.4. The second kappa shape index (κ2) is 10.5. The van der Waals surface area contributed by atoms with E-state index in [1.165, 1.54) is 19.3 Å². The summed E-state index contributed by atoms with van der Waals surface area (Å²) < 4.78 is 0. The van der Waals surface area contributed by atoms with Gasteiger partial charge in [-0.05, 0) is 25.8 Å². The standard InChI is InChI=1S/C11H24N2O/c1-2-3-4-5-8-11(14)13-10-7-6-9-12/h2-10,12H2,1H3,(H,13,14). The second-order valence-electron chi connectivity index (χ2n) is 3.66. The third-order valence-electron chi connectivity index (χ3n) is 2.21. The molecular formula is C11H24N2O. The van der Waals surface area contributed by atoms with Gasteiger partial charge in [0.25, 0.3) is 0 Å². The summed E-state index contributed by atoms with van der Waals surface area (Å²) in [6, 6.07) is 0. The van der Waals surface area contributed by atoms with Crippen molar-refractivity contribution < 1.29 is 4.79 Å². The molecule has 0 saturated heterocycles. The fourth-order valence-corrected chi connectivity index (χ4v) is 1.30. The molecule has 0 aromatic rings. The van der Waals surface area contributed by atoms with E-state index in [2.05, 4.69) is 12.2 Å². The highest BCUT2D eigenvalue weighted by atomic mass is 16.1. The van der Waals surface area contributed by atoms with Gasteiger partial charge in [0.2, 0.25) is 5.91 Å². The number of nitrogens with two attached hydrogens (primary N) is 1. The Morgan fingerprint density at radius 2 is 1.93 bits per heavy atom. The second-order valence-corrected chi connectivity index (χ2v) is 3.66. The van der Waals surface area contributed by atoms with Crippen LogP contribution in [0.5, 0.6) is 0 Å². The van der Waals surface area contributed by atoms with Crippen molar-refractivity contribution in [2.24, 2.45) is 5.73 Å². The van der Waals surface area contributed by atoms with Gasteiger partial charge in [-0.2, -0.15) is 0 Å². The lowest BCUT2D eigenvalue weighted by Gasteiger charge is -2.03. The molecule has 0 aliphatic heterocycles. The molecule has 0 radical (unpaired) electrons. The Kier molecular flexibility index (Phi) is 10.1. The minimum Gasteiger partial charge on any atom is -0.356 e. The molecule has 0 fully saturated rings. The van der Waals surface area contributed by atoms with Crippen LogP contribution in [0.25, 0.3) is 0 Å². The topological polar surface area (TPSA) is 55.1 Å². The van der Waals surface area contributed by atoms with Crippen LogP contribution in [0.2, 0.25) is 0 Å². The maximum absolute atomic E-state index is 11.2. The molecule has 14 heavy (non-hydrogen) atoms. The summed E-state index contributed by atoms with van der Waals surface area (Å²) in [5.74, 6) is 0.193. The number of amides is 1. The summed E-state index contributed by atoms with van der Waals surface area (Å²) in [4.78, 5) is 11.2. The fourth-order valence-electron chi connectivity index (χ4n) is 1.30. The maximum Gasteiger partial charge on any atom is 0.219 e. The number of rotatable bonds is 9. The van der Waals surface area contributed by atoms with Crippen LogP contribution in [-0.2, 0) is 4.79 Å². The smallest absolute Gasteiger partial charge is 0.219 e. The van der Waals surface area contributed by atoms with E-state index in [0.29, 0.717) is 13.0 Å². The summed E-state index contributed by atoms with van der Waals surface area (Å²) in [5.41, 5.74) is 5.35. The molecule has 0 aliphatic carbocycles. The molecule has 3 nitrogen and oxygen atoms in total. The molecular weight excluding hydrogens is 176 g/mol. The van der Waals surface area contributed by atoms with Gasteiger partial charge in [-0.1, -0.05) is 26.2 Å². The van der Waals surface area contributed by atoms with Crippen molar-refractivity contribution in [3.05, 3.63) is 0 Å². The Balaban J connectivity index is 3.11. The zero-order valence-corrected chi connectivity index (χ0v) is 9.35. The summed E-state index contributed by atoms with van der Waals surface area (Å²) in [6.45, 7) is 3.67. The van der Waals surface area contributed by atoms with Gasteiger partial charge in [-0.25, -0.2) is 0 Å². The zero-order valence-electron chi connectivity index (χ0n) is 9.35. The van der Waals surface area contributed by atoms with Crippen molar-refractivity contribution in [2.45, 2.75) is 51.9 Å². The van der Waals surface area contributed by atoms with Crippen LogP contribution in [0.4, 0.5) is 0 Å². The molecule has 0 aromatic heterocycles. The van der Waals surface area contributed by atoms with E-state index >= 15 is 0 Å². The number of carbonyl (C=O) groups excluding carboxylic acids is 1. The van der Waals surface area contributed by atoms with E-state index in [4.69, 9.17) is 5.73 Å². The molecule has 0 rings (SSSR count). The Labute approximate surface area is 87.4 Å². The lowest BCUT2D eigenvalue weighted by molar-refractivity contribution is -0.121. The van der Waals surface area contributed by atoms with Crippen LogP contribution in [-0.4, -0.2) is 19.0 Å². The van der Waals surface area contributed by atoms with E-state index < -0.39 is 0 Å². The monoisotopic (exact) mass is 200 g/mol. The van der Waals surface area contributed by atoms with Crippen LogP contribution < -0.4 is 11.1 Å². The van der Waals surface area contributed by atoms with Crippen molar-refractivity contribution in [3.63, 3.8) is 0 Å². The van der Waals surface area contributed by atoms with Gasteiger partial charge in [0.1, 0.15) is 0 Å². The first-order valence-corrected chi connectivity index (χ1v) is 5.78. The summed E-state index contributed by atoms with van der Waals surface area (Å²) >= 11 is 0. The average Bonchev–Trinajstić information content (AvgIpc) is 2.19. The fraction of sp³-hybridized carbons (Fsp3) is 0.909. The SMILES string of the molecule is CCCCCCC(=O)NCCCCN. The molecule has 0 aromatic carbocycles. The summed E-state index contributed by atoms with van der Waals surface area (Å²) in [6.07, 6.45) is 7.33. The Morgan fingerprint density at radius 3 is 2.57 bits per heavy atom. The molecule has 3 heteroatoms. The number of carbonyl (C=O) groups is 1. The number of hydrogen-bond acceptors (Lipinski definition) is 2. The predicted octanol–water partition coefficient (Wildman–Crippen LogP) is 1.81. The van der Waals surface area contributed by atoms with Crippen LogP contribution in [0, 0.1) is 0 Å². The third kappa shape index (κ3) is 9.52. The first-order valence-electron chi connectivity index (χ1n) is 5.78. The average molecular weight is 200 g/mol. The van der Waals surface area contributed by atoms with E-state index in [1.807, 2.05) is 0 Å². The van der Waals surface area contributed by atoms with Crippen molar-refractivity contribution in [2.75, 3.05) is 13.1 Å². The lowest BCUT2D eigenvalue weighted by atomic mass is 10.1. The minimum absolute atomic E-state index is 0.193. The summed E-state index contributed by atoms with van der Waals surface area (Å²) in [5, 5.41) is 2.90. The lowest BCUT2D eigenvalue weighted by Crippen LogP contribution is -2.24. The summed E-state index contributed by atoms with van der Waals surface area (Å²) in [7, 11) is 0. The molecule has 3 N–H and O–H groups in total. The predicted molar refractivity (Wildman–Crippen MR) is 60.1 cm³/mol. The van der Waals surface area contributed by atoms with Gasteiger partial charge in [0.15, 0.2) is 0 Å². The molecule has 1 amide bonds. The minimum atomic E-state index is 0.193. The van der Waals surface area contributed by atoms with Gasteiger partial charge in [-0.3, -0.25) is 4.79 Å². The van der Waals surface area contributed by atoms with Crippen LogP contribution in [0.1, 0.15) is 51.9 Å². The Morgan fingerprint density at radius 1 is 1.14 bits per heavy atom. The van der Waals surface area contributed by atoms with Crippen LogP contribution >= 0.6 is 0 Å². The number of hydrogen-bond donors (Lipinski definition) is 2. The van der Waals surface area contributed by atoms with Gasteiger partial charge in [-0.15, -0.1) is 0 Å². The van der Waals surface area contributed by atoms with Crippen LogP contribution in [0.3, 0.4) is 0 Å². The molecule has 0 bridgehead atoms. The van der Waals surface area contributed by atoms with Crippen molar-refractivity contribution in [3.8, 4) is 0 Å². The maximum atomic E-state index is 11.2. The quantitative estimate of drug-likeness (QED) is 0.558. The van der Waals surface area contributed by atoms with E-state index in [-0.39, 0.29) is 5.91 Å². The molecule has 0 atom stereocenters. The largest absolute Gasteiger partial charge is 0.356 e. The first-order chi connectivity index (χ1) is 6.81. The molecule has 0 aliphatic rings. The van der Waals surface area contributed by atoms with Crippen molar-refractivity contribution >= 4 is 5.91 Å².